The van der Waals surface area contributed by atoms with Crippen LogP contribution in [0.25, 0.3) is 0 Å². The summed E-state index contributed by atoms with van der Waals surface area (Å²) in [4.78, 5) is 4.44. The summed E-state index contributed by atoms with van der Waals surface area (Å²) in [6.07, 6.45) is 1.06. The normalized spacial score (nSPS) is 21.9. The van der Waals surface area contributed by atoms with E-state index in [1.165, 1.54) is 0 Å². The molecule has 1 aromatic carbocycles. The third-order valence-corrected chi connectivity index (χ3v) is 4.55. The second-order valence-electron chi connectivity index (χ2n) is 5.94. The summed E-state index contributed by atoms with van der Waals surface area (Å²) in [5.74, 6) is 0.734. The number of hydrogen-bond acceptors (Lipinski definition) is 2. The molecule has 3 N–H and O–H groups in total. The van der Waals surface area contributed by atoms with Crippen molar-refractivity contribution in [1.29, 1.82) is 0 Å². The molecule has 1 aliphatic heterocycles. The molecule has 1 aromatic rings. The van der Waals surface area contributed by atoms with Gasteiger partial charge in [0.1, 0.15) is 0 Å². The van der Waals surface area contributed by atoms with E-state index in [1.807, 2.05) is 26.0 Å². The second kappa shape index (κ2) is 9.85. The van der Waals surface area contributed by atoms with Crippen LogP contribution in [0, 0.1) is 5.92 Å². The summed E-state index contributed by atoms with van der Waals surface area (Å²) in [5.41, 5.74) is 7.96. The molecule has 0 spiro atoms. The maximum absolute atomic E-state index is 6.21. The van der Waals surface area contributed by atoms with Crippen LogP contribution in [0.15, 0.2) is 35.3 Å². The SMILES string of the molecule is C=C(C)C1OCCC1CN=C(N)NC(C)c1ccc(Cl)cc1Cl.I. The van der Waals surface area contributed by atoms with E-state index in [1.54, 1.807) is 6.07 Å². The van der Waals surface area contributed by atoms with Crippen LogP contribution in [0.2, 0.25) is 10.0 Å². The molecular weight excluding hydrogens is 460 g/mol. The van der Waals surface area contributed by atoms with E-state index in [0.29, 0.717) is 28.5 Å². The largest absolute Gasteiger partial charge is 0.374 e. The maximum atomic E-state index is 6.21. The van der Waals surface area contributed by atoms with Gasteiger partial charge in [-0.25, -0.2) is 0 Å². The van der Waals surface area contributed by atoms with Crippen molar-refractivity contribution >= 4 is 53.1 Å². The van der Waals surface area contributed by atoms with Crippen molar-refractivity contribution in [3.63, 3.8) is 0 Å². The lowest BCUT2D eigenvalue weighted by Gasteiger charge is -2.19. The van der Waals surface area contributed by atoms with Crippen LogP contribution in [0.3, 0.4) is 0 Å². The number of halogens is 3. The molecule has 1 fully saturated rings. The van der Waals surface area contributed by atoms with Crippen LogP contribution in [-0.2, 0) is 4.74 Å². The first-order valence-electron chi connectivity index (χ1n) is 7.67. The van der Waals surface area contributed by atoms with Crippen LogP contribution < -0.4 is 11.1 Å². The molecular formula is C17H24Cl2IN3O. The number of aliphatic imine (C=N–C) groups is 1. The van der Waals surface area contributed by atoms with Crippen LogP contribution >= 0.6 is 47.2 Å². The molecule has 0 saturated carbocycles. The first kappa shape index (κ1) is 21.5. The fourth-order valence-corrected chi connectivity index (χ4v) is 3.35. The summed E-state index contributed by atoms with van der Waals surface area (Å²) in [7, 11) is 0. The van der Waals surface area contributed by atoms with Gasteiger partial charge in [-0.1, -0.05) is 41.4 Å². The quantitative estimate of drug-likeness (QED) is 0.279. The molecule has 3 unspecified atom stereocenters. The monoisotopic (exact) mass is 483 g/mol. The summed E-state index contributed by atoms with van der Waals surface area (Å²) in [6.45, 7) is 9.31. The van der Waals surface area contributed by atoms with Crippen molar-refractivity contribution in [2.24, 2.45) is 16.6 Å². The molecule has 0 radical (unpaired) electrons. The van der Waals surface area contributed by atoms with E-state index in [2.05, 4.69) is 16.9 Å². The van der Waals surface area contributed by atoms with Gasteiger partial charge < -0.3 is 15.8 Å². The highest BCUT2D eigenvalue weighted by atomic mass is 127. The highest BCUT2D eigenvalue weighted by Gasteiger charge is 2.28. The number of guanidine groups is 1. The molecule has 24 heavy (non-hydrogen) atoms. The van der Waals surface area contributed by atoms with Crippen molar-refractivity contribution in [2.75, 3.05) is 13.2 Å². The molecule has 134 valence electrons. The van der Waals surface area contributed by atoms with E-state index in [-0.39, 0.29) is 36.1 Å². The summed E-state index contributed by atoms with van der Waals surface area (Å²) in [5, 5.41) is 4.38. The number of ether oxygens (including phenoxy) is 1. The minimum atomic E-state index is -0.0553. The van der Waals surface area contributed by atoms with Crippen LogP contribution in [0.1, 0.15) is 31.9 Å². The third-order valence-electron chi connectivity index (χ3n) is 3.99. The molecule has 1 aliphatic rings. The van der Waals surface area contributed by atoms with Gasteiger partial charge in [-0.3, -0.25) is 4.99 Å². The van der Waals surface area contributed by atoms with Crippen molar-refractivity contribution < 1.29 is 4.74 Å². The highest BCUT2D eigenvalue weighted by Crippen LogP contribution is 2.27. The lowest BCUT2D eigenvalue weighted by Crippen LogP contribution is -2.35. The fourth-order valence-electron chi connectivity index (χ4n) is 2.78. The highest BCUT2D eigenvalue weighted by molar-refractivity contribution is 14.0. The Morgan fingerprint density at radius 2 is 2.21 bits per heavy atom. The topological polar surface area (TPSA) is 59.6 Å². The summed E-state index contributed by atoms with van der Waals surface area (Å²) in [6, 6.07) is 5.36. The number of nitrogens with two attached hydrogens (primary N) is 1. The van der Waals surface area contributed by atoms with Gasteiger partial charge in [-0.2, -0.15) is 0 Å². The first-order chi connectivity index (χ1) is 10.9. The van der Waals surface area contributed by atoms with Crippen LogP contribution in [-0.4, -0.2) is 25.2 Å². The average Bonchev–Trinajstić information content (AvgIpc) is 2.93. The molecule has 0 amide bonds. The molecule has 4 nitrogen and oxygen atoms in total. The molecule has 1 heterocycles. The average molecular weight is 484 g/mol. The van der Waals surface area contributed by atoms with Crippen molar-refractivity contribution in [1.82, 2.24) is 5.32 Å². The van der Waals surface area contributed by atoms with Crippen LogP contribution in [0.5, 0.6) is 0 Å². The lowest BCUT2D eigenvalue weighted by molar-refractivity contribution is 0.120. The Kier molecular flexibility index (Phi) is 8.84. The number of nitrogens with one attached hydrogen (secondary N) is 1. The Morgan fingerprint density at radius 3 is 2.83 bits per heavy atom. The maximum Gasteiger partial charge on any atom is 0.189 e. The number of benzene rings is 1. The molecule has 0 bridgehead atoms. The van der Waals surface area contributed by atoms with E-state index in [9.17, 15) is 0 Å². The van der Waals surface area contributed by atoms with E-state index < -0.39 is 0 Å². The second-order valence-corrected chi connectivity index (χ2v) is 6.79. The zero-order valence-corrected chi connectivity index (χ0v) is 17.7. The van der Waals surface area contributed by atoms with E-state index in [4.69, 9.17) is 33.7 Å². The zero-order chi connectivity index (χ0) is 17.0. The molecule has 3 atom stereocenters. The number of hydrogen-bond donors (Lipinski definition) is 2. The zero-order valence-electron chi connectivity index (χ0n) is 13.9. The predicted molar refractivity (Wildman–Crippen MR) is 113 cm³/mol. The van der Waals surface area contributed by atoms with E-state index >= 15 is 0 Å². The third kappa shape index (κ3) is 5.79. The Hall–Kier alpha value is -0.500. The number of nitrogens with zero attached hydrogens (tertiary/aromatic N) is 1. The predicted octanol–water partition coefficient (Wildman–Crippen LogP) is 4.56. The first-order valence-corrected chi connectivity index (χ1v) is 8.42. The minimum Gasteiger partial charge on any atom is -0.374 e. The molecule has 1 saturated heterocycles. The van der Waals surface area contributed by atoms with Crippen molar-refractivity contribution in [3.8, 4) is 0 Å². The summed E-state index contributed by atoms with van der Waals surface area (Å²) >= 11 is 12.1. The molecule has 7 heteroatoms. The van der Waals surface area contributed by atoms with Crippen molar-refractivity contribution in [2.45, 2.75) is 32.4 Å². The Balaban J connectivity index is 0.00000288. The van der Waals surface area contributed by atoms with Gasteiger partial charge in [-0.15, -0.1) is 24.0 Å². The fraction of sp³-hybridized carbons (Fsp3) is 0.471. The van der Waals surface area contributed by atoms with Gasteiger partial charge >= 0.3 is 0 Å². The van der Waals surface area contributed by atoms with Gasteiger partial charge in [-0.05, 0) is 38.0 Å². The Bertz CT molecular complexity index is 609. The molecule has 2 rings (SSSR count). The Morgan fingerprint density at radius 1 is 1.50 bits per heavy atom. The lowest BCUT2D eigenvalue weighted by atomic mass is 9.97. The van der Waals surface area contributed by atoms with Gasteiger partial charge in [0.15, 0.2) is 5.96 Å². The standard InChI is InChI=1S/C17H23Cl2N3O.HI/c1-10(2)16-12(6-7-23-16)9-21-17(20)22-11(3)14-5-4-13(18)8-15(14)19;/h4-5,8,11-12,16H,1,6-7,9H2,2-3H3,(H3,20,21,22);1H. The molecule has 0 aromatic heterocycles. The minimum absolute atomic E-state index is 0. The van der Waals surface area contributed by atoms with E-state index in [0.717, 1.165) is 24.2 Å². The molecule has 0 aliphatic carbocycles. The summed E-state index contributed by atoms with van der Waals surface area (Å²) < 4.78 is 5.68. The van der Waals surface area contributed by atoms with Gasteiger partial charge in [0.2, 0.25) is 0 Å². The number of rotatable bonds is 5. The van der Waals surface area contributed by atoms with Crippen LogP contribution in [0.4, 0.5) is 0 Å². The smallest absolute Gasteiger partial charge is 0.189 e. The van der Waals surface area contributed by atoms with Gasteiger partial charge in [0, 0.05) is 29.1 Å². The van der Waals surface area contributed by atoms with Gasteiger partial charge in [0.25, 0.3) is 0 Å². The Labute approximate surface area is 170 Å². The van der Waals surface area contributed by atoms with Crippen molar-refractivity contribution in [3.05, 3.63) is 46.0 Å². The van der Waals surface area contributed by atoms with Gasteiger partial charge in [0.05, 0.1) is 12.1 Å².